The van der Waals surface area contributed by atoms with E-state index in [-0.39, 0.29) is 48.8 Å². The van der Waals surface area contributed by atoms with Crippen molar-refractivity contribution in [1.29, 1.82) is 0 Å². The average Bonchev–Trinajstić information content (AvgIpc) is 3.00. The number of guanidine groups is 1. The van der Waals surface area contributed by atoms with E-state index < -0.39 is 6.36 Å². The van der Waals surface area contributed by atoms with Gasteiger partial charge in [-0.1, -0.05) is 12.1 Å². The molecule has 2 aromatic rings. The van der Waals surface area contributed by atoms with Crippen LogP contribution >= 0.6 is 24.0 Å². The summed E-state index contributed by atoms with van der Waals surface area (Å²) in [6.07, 6.45) is -4.24. The third-order valence-corrected chi connectivity index (χ3v) is 4.29. The first-order chi connectivity index (χ1) is 14.2. The molecule has 7 nitrogen and oxygen atoms in total. The number of alkyl halides is 3. The molecule has 0 bridgehead atoms. The van der Waals surface area contributed by atoms with Gasteiger partial charge < -0.3 is 24.9 Å². The van der Waals surface area contributed by atoms with Crippen molar-refractivity contribution in [3.63, 3.8) is 0 Å². The Morgan fingerprint density at radius 3 is 2.42 bits per heavy atom. The second-order valence-corrected chi connectivity index (χ2v) is 6.77. The topological polar surface area (TPSA) is 91.9 Å². The van der Waals surface area contributed by atoms with Gasteiger partial charge in [-0.15, -0.1) is 37.1 Å². The van der Waals surface area contributed by atoms with Crippen LogP contribution in [-0.4, -0.2) is 42.1 Å². The highest BCUT2D eigenvalue weighted by atomic mass is 127. The Morgan fingerprint density at radius 2 is 1.90 bits per heavy atom. The van der Waals surface area contributed by atoms with Gasteiger partial charge in [0.05, 0.1) is 5.69 Å². The van der Waals surface area contributed by atoms with Gasteiger partial charge in [-0.05, 0) is 44.9 Å². The van der Waals surface area contributed by atoms with Crippen LogP contribution in [0.15, 0.2) is 33.7 Å². The number of aromatic nitrogens is 1. The van der Waals surface area contributed by atoms with Gasteiger partial charge in [0.15, 0.2) is 5.96 Å². The second-order valence-electron chi connectivity index (χ2n) is 6.77. The predicted octanol–water partition coefficient (Wildman–Crippen LogP) is 3.71. The minimum Gasteiger partial charge on any atom is -0.444 e. The van der Waals surface area contributed by atoms with Crippen molar-refractivity contribution in [2.24, 2.45) is 10.9 Å². The van der Waals surface area contributed by atoms with Gasteiger partial charge in [0.2, 0.25) is 5.89 Å². The summed E-state index contributed by atoms with van der Waals surface area (Å²) in [6, 6.07) is 5.62. The third-order valence-electron chi connectivity index (χ3n) is 4.29. The van der Waals surface area contributed by atoms with Crippen LogP contribution in [0.4, 0.5) is 13.2 Å². The summed E-state index contributed by atoms with van der Waals surface area (Å²) in [5.74, 6) is 1.39. The Balaban J connectivity index is 0.00000480. The maximum Gasteiger partial charge on any atom is 0.573 e. The van der Waals surface area contributed by atoms with Crippen LogP contribution in [0.3, 0.4) is 0 Å². The van der Waals surface area contributed by atoms with Crippen molar-refractivity contribution >= 4 is 29.9 Å². The zero-order valence-corrected chi connectivity index (χ0v) is 20.0. The fourth-order valence-electron chi connectivity index (χ4n) is 2.70. The van der Waals surface area contributed by atoms with Crippen LogP contribution in [0.25, 0.3) is 0 Å². The first kappa shape index (κ1) is 27.0. The summed E-state index contributed by atoms with van der Waals surface area (Å²) in [6.45, 7) is 6.90. The zero-order valence-electron chi connectivity index (χ0n) is 17.6. The molecule has 0 fully saturated rings. The molecular formula is C20H28F3IN4O3. The number of nitrogens with one attached hydrogen (secondary N) is 2. The van der Waals surface area contributed by atoms with Gasteiger partial charge in [-0.25, -0.2) is 9.98 Å². The average molecular weight is 556 g/mol. The molecule has 1 aromatic heterocycles. The van der Waals surface area contributed by atoms with Crippen LogP contribution < -0.4 is 15.4 Å². The van der Waals surface area contributed by atoms with Gasteiger partial charge in [-0.2, -0.15) is 0 Å². The molecule has 11 heteroatoms. The number of rotatable bonds is 9. The van der Waals surface area contributed by atoms with E-state index in [1.54, 1.807) is 12.1 Å². The summed E-state index contributed by atoms with van der Waals surface area (Å²) in [7, 11) is 0. The number of aliphatic hydroxyl groups excluding tert-OH is 1. The number of ether oxygens (including phenoxy) is 1. The summed E-state index contributed by atoms with van der Waals surface area (Å²) < 4.78 is 46.1. The fourth-order valence-corrected chi connectivity index (χ4v) is 2.70. The number of aliphatic imine (C=N–C) groups is 1. The van der Waals surface area contributed by atoms with E-state index in [0.717, 1.165) is 17.0 Å². The molecule has 1 heterocycles. The van der Waals surface area contributed by atoms with Crippen molar-refractivity contribution in [2.75, 3.05) is 19.7 Å². The van der Waals surface area contributed by atoms with Crippen LogP contribution in [0, 0.1) is 19.8 Å². The molecule has 0 aliphatic rings. The maximum atomic E-state index is 12.2. The van der Waals surface area contributed by atoms with Crippen LogP contribution in [0.2, 0.25) is 0 Å². The van der Waals surface area contributed by atoms with Crippen molar-refractivity contribution in [3.05, 3.63) is 47.2 Å². The standard InChI is InChI=1S/C20H27F3N4O3.HI/c1-4-24-19(26-11-18-27-13(2)14(3)29-18)25-10-16(12-28)9-15-5-7-17(8-6-15)30-20(21,22)23;/h5-8,16,28H,4,9-12H2,1-3H3,(H2,24,25,26);1H. The lowest BCUT2D eigenvalue weighted by atomic mass is 10.00. The minimum atomic E-state index is -4.72. The lowest BCUT2D eigenvalue weighted by molar-refractivity contribution is -0.274. The third kappa shape index (κ3) is 9.76. The lowest BCUT2D eigenvalue weighted by Crippen LogP contribution is -2.40. The number of hydrogen-bond acceptors (Lipinski definition) is 5. The van der Waals surface area contributed by atoms with Crippen molar-refractivity contribution in [1.82, 2.24) is 15.6 Å². The number of hydrogen-bond donors (Lipinski definition) is 3. The Bertz CT molecular complexity index is 807. The molecule has 0 radical (unpaired) electrons. The maximum absolute atomic E-state index is 12.2. The molecule has 0 aliphatic heterocycles. The Kier molecular flexibility index (Phi) is 11.1. The molecule has 0 saturated heterocycles. The number of benzene rings is 1. The Hall–Kier alpha value is -2.02. The van der Waals surface area contributed by atoms with E-state index >= 15 is 0 Å². The number of nitrogens with zero attached hydrogens (tertiary/aromatic N) is 2. The molecule has 31 heavy (non-hydrogen) atoms. The first-order valence-corrected chi connectivity index (χ1v) is 9.60. The molecule has 1 unspecified atom stereocenters. The Morgan fingerprint density at radius 1 is 1.23 bits per heavy atom. The number of aryl methyl sites for hydroxylation is 2. The van der Waals surface area contributed by atoms with Gasteiger partial charge in [0.1, 0.15) is 18.1 Å². The molecule has 1 aromatic carbocycles. The molecule has 0 spiro atoms. The molecule has 174 valence electrons. The van der Waals surface area contributed by atoms with E-state index in [0.29, 0.717) is 31.4 Å². The molecular weight excluding hydrogens is 528 g/mol. The lowest BCUT2D eigenvalue weighted by Gasteiger charge is -2.18. The molecule has 2 rings (SSSR count). The van der Waals surface area contributed by atoms with Crippen LogP contribution in [0.5, 0.6) is 5.75 Å². The largest absolute Gasteiger partial charge is 0.573 e. The highest BCUT2D eigenvalue weighted by molar-refractivity contribution is 14.0. The smallest absolute Gasteiger partial charge is 0.444 e. The molecule has 1 atom stereocenters. The van der Waals surface area contributed by atoms with Gasteiger partial charge in [-0.3, -0.25) is 0 Å². The SMILES string of the molecule is CCNC(=NCc1nc(C)c(C)o1)NCC(CO)Cc1ccc(OC(F)(F)F)cc1.I. The van der Waals surface area contributed by atoms with Gasteiger partial charge >= 0.3 is 6.36 Å². The van der Waals surface area contributed by atoms with Gasteiger partial charge in [0.25, 0.3) is 0 Å². The van der Waals surface area contributed by atoms with E-state index in [1.165, 1.54) is 12.1 Å². The second kappa shape index (κ2) is 12.7. The van der Waals surface area contributed by atoms with Gasteiger partial charge in [0, 0.05) is 25.6 Å². The van der Waals surface area contributed by atoms with E-state index in [9.17, 15) is 18.3 Å². The minimum absolute atomic E-state index is 0. The highest BCUT2D eigenvalue weighted by Gasteiger charge is 2.30. The Labute approximate surface area is 196 Å². The zero-order chi connectivity index (χ0) is 22.1. The van der Waals surface area contributed by atoms with E-state index in [1.807, 2.05) is 20.8 Å². The number of aliphatic hydroxyl groups is 1. The summed E-state index contributed by atoms with van der Waals surface area (Å²) >= 11 is 0. The molecule has 0 aliphatic carbocycles. The molecule has 0 amide bonds. The number of halogens is 4. The summed E-state index contributed by atoms with van der Waals surface area (Å²) in [4.78, 5) is 8.72. The number of oxazole rings is 1. The fraction of sp³-hybridized carbons (Fsp3) is 0.500. The van der Waals surface area contributed by atoms with Crippen LogP contribution in [-0.2, 0) is 13.0 Å². The van der Waals surface area contributed by atoms with E-state index in [4.69, 9.17) is 4.42 Å². The first-order valence-electron chi connectivity index (χ1n) is 9.60. The summed E-state index contributed by atoms with van der Waals surface area (Å²) in [5.41, 5.74) is 1.61. The normalized spacial score (nSPS) is 12.8. The highest BCUT2D eigenvalue weighted by Crippen LogP contribution is 2.23. The molecule has 3 N–H and O–H groups in total. The summed E-state index contributed by atoms with van der Waals surface area (Å²) in [5, 5.41) is 16.0. The quantitative estimate of drug-likeness (QED) is 0.248. The van der Waals surface area contributed by atoms with Crippen molar-refractivity contribution < 1.29 is 27.4 Å². The molecule has 0 saturated carbocycles. The van der Waals surface area contributed by atoms with Crippen molar-refractivity contribution in [2.45, 2.75) is 40.1 Å². The van der Waals surface area contributed by atoms with Crippen molar-refractivity contribution in [3.8, 4) is 5.75 Å². The monoisotopic (exact) mass is 556 g/mol. The predicted molar refractivity (Wildman–Crippen MR) is 122 cm³/mol. The van der Waals surface area contributed by atoms with Crippen LogP contribution in [0.1, 0.15) is 29.8 Å². The van der Waals surface area contributed by atoms with E-state index in [2.05, 4.69) is 25.3 Å².